The summed E-state index contributed by atoms with van der Waals surface area (Å²) in [7, 11) is 0. The molecule has 110 valence electrons. The highest BCUT2D eigenvalue weighted by Gasteiger charge is 2.23. The second kappa shape index (κ2) is 5.68. The molecule has 21 heavy (non-hydrogen) atoms. The molecule has 1 N–H and O–H groups in total. The van der Waals surface area contributed by atoms with E-state index >= 15 is 0 Å². The third-order valence-electron chi connectivity index (χ3n) is 3.40. The van der Waals surface area contributed by atoms with Crippen molar-refractivity contribution in [3.63, 3.8) is 0 Å². The van der Waals surface area contributed by atoms with Gasteiger partial charge in [0.05, 0.1) is 5.69 Å². The van der Waals surface area contributed by atoms with Crippen molar-refractivity contribution in [1.29, 1.82) is 0 Å². The molecule has 2 rings (SSSR count). The van der Waals surface area contributed by atoms with E-state index in [2.05, 4.69) is 5.32 Å². The van der Waals surface area contributed by atoms with Gasteiger partial charge in [-0.2, -0.15) is 0 Å². The predicted octanol–water partition coefficient (Wildman–Crippen LogP) is 4.79. The van der Waals surface area contributed by atoms with Gasteiger partial charge in [0.25, 0.3) is 0 Å². The summed E-state index contributed by atoms with van der Waals surface area (Å²) in [4.78, 5) is 12.2. The van der Waals surface area contributed by atoms with Crippen LogP contribution in [0.5, 0.6) is 0 Å². The fourth-order valence-electron chi connectivity index (χ4n) is 2.01. The maximum atomic E-state index is 13.9. The highest BCUT2D eigenvalue weighted by atomic mass is 19.1. The zero-order valence-electron chi connectivity index (χ0n) is 12.8. The van der Waals surface area contributed by atoms with Gasteiger partial charge in [0, 0.05) is 16.5 Å². The molecule has 2 nitrogen and oxygen atoms in total. The first kappa shape index (κ1) is 15.2. The maximum absolute atomic E-state index is 13.9. The van der Waals surface area contributed by atoms with Gasteiger partial charge in [0.15, 0.2) is 0 Å². The van der Waals surface area contributed by atoms with Crippen LogP contribution in [0, 0.1) is 18.2 Å². The van der Waals surface area contributed by atoms with Crippen LogP contribution in [-0.4, -0.2) is 5.91 Å². The van der Waals surface area contributed by atoms with E-state index in [0.717, 1.165) is 11.1 Å². The number of anilines is 1. The Morgan fingerprint density at radius 1 is 1.05 bits per heavy atom. The van der Waals surface area contributed by atoms with Gasteiger partial charge in [0.2, 0.25) is 5.91 Å². The molecule has 2 aromatic carbocycles. The average molecular weight is 285 g/mol. The SMILES string of the molecule is Cc1c(F)ccc(-c2ccccc2)c1NC(=O)C(C)(C)C. The Morgan fingerprint density at radius 3 is 2.24 bits per heavy atom. The number of amides is 1. The molecule has 0 saturated heterocycles. The number of halogens is 1. The van der Waals surface area contributed by atoms with Crippen LogP contribution in [0.15, 0.2) is 42.5 Å². The highest BCUT2D eigenvalue weighted by molar-refractivity contribution is 5.99. The van der Waals surface area contributed by atoms with Crippen molar-refractivity contribution >= 4 is 11.6 Å². The minimum atomic E-state index is -0.535. The maximum Gasteiger partial charge on any atom is 0.229 e. The highest BCUT2D eigenvalue weighted by Crippen LogP contribution is 2.33. The van der Waals surface area contributed by atoms with Crippen LogP contribution in [0.4, 0.5) is 10.1 Å². The van der Waals surface area contributed by atoms with Gasteiger partial charge < -0.3 is 5.32 Å². The Bertz CT molecular complexity index is 657. The zero-order chi connectivity index (χ0) is 15.6. The molecule has 0 aromatic heterocycles. The molecular weight excluding hydrogens is 265 g/mol. The molecule has 0 aliphatic carbocycles. The third-order valence-corrected chi connectivity index (χ3v) is 3.40. The number of benzene rings is 2. The Balaban J connectivity index is 2.53. The largest absolute Gasteiger partial charge is 0.325 e. The molecule has 1 amide bonds. The van der Waals surface area contributed by atoms with Crippen molar-refractivity contribution in [2.75, 3.05) is 5.32 Å². The van der Waals surface area contributed by atoms with E-state index in [9.17, 15) is 9.18 Å². The first-order valence-electron chi connectivity index (χ1n) is 6.96. The molecule has 0 atom stereocenters. The van der Waals surface area contributed by atoms with Crippen molar-refractivity contribution in [3.05, 3.63) is 53.8 Å². The molecular formula is C18H20FNO. The second-order valence-corrected chi connectivity index (χ2v) is 6.17. The van der Waals surface area contributed by atoms with Crippen LogP contribution in [0.1, 0.15) is 26.3 Å². The summed E-state index contributed by atoms with van der Waals surface area (Å²) < 4.78 is 13.9. The van der Waals surface area contributed by atoms with Gasteiger partial charge in [-0.15, -0.1) is 0 Å². The Morgan fingerprint density at radius 2 is 1.67 bits per heavy atom. The number of rotatable bonds is 2. The lowest BCUT2D eigenvalue weighted by Crippen LogP contribution is -2.28. The second-order valence-electron chi connectivity index (χ2n) is 6.17. The smallest absolute Gasteiger partial charge is 0.229 e. The number of nitrogens with one attached hydrogen (secondary N) is 1. The molecule has 0 heterocycles. The number of carbonyl (C=O) groups excluding carboxylic acids is 1. The van der Waals surface area contributed by atoms with Crippen LogP contribution in [0.3, 0.4) is 0 Å². The lowest BCUT2D eigenvalue weighted by molar-refractivity contribution is -0.123. The number of carbonyl (C=O) groups is 1. The van der Waals surface area contributed by atoms with Crippen LogP contribution >= 0.6 is 0 Å². The van der Waals surface area contributed by atoms with Gasteiger partial charge >= 0.3 is 0 Å². The third kappa shape index (κ3) is 3.30. The van der Waals surface area contributed by atoms with E-state index in [0.29, 0.717) is 11.3 Å². The summed E-state index contributed by atoms with van der Waals surface area (Å²) >= 11 is 0. The van der Waals surface area contributed by atoms with Gasteiger partial charge in [-0.05, 0) is 24.6 Å². The summed E-state index contributed by atoms with van der Waals surface area (Å²) in [6.45, 7) is 7.18. The van der Waals surface area contributed by atoms with E-state index in [4.69, 9.17) is 0 Å². The average Bonchev–Trinajstić information content (AvgIpc) is 2.44. The molecule has 0 fully saturated rings. The fraction of sp³-hybridized carbons (Fsp3) is 0.278. The number of hydrogen-bond acceptors (Lipinski definition) is 1. The minimum Gasteiger partial charge on any atom is -0.325 e. The quantitative estimate of drug-likeness (QED) is 0.844. The molecule has 0 saturated carbocycles. The first-order valence-corrected chi connectivity index (χ1v) is 6.96. The van der Waals surface area contributed by atoms with Crippen molar-refractivity contribution in [2.45, 2.75) is 27.7 Å². The lowest BCUT2D eigenvalue weighted by Gasteiger charge is -2.21. The zero-order valence-corrected chi connectivity index (χ0v) is 12.8. The molecule has 0 radical (unpaired) electrons. The van der Waals surface area contributed by atoms with Crippen LogP contribution in [0.25, 0.3) is 11.1 Å². The van der Waals surface area contributed by atoms with Crippen molar-refractivity contribution in [2.24, 2.45) is 5.41 Å². The normalized spacial score (nSPS) is 11.3. The monoisotopic (exact) mass is 285 g/mol. The summed E-state index contributed by atoms with van der Waals surface area (Å²) in [5.74, 6) is -0.452. The summed E-state index contributed by atoms with van der Waals surface area (Å²) in [6.07, 6.45) is 0. The van der Waals surface area contributed by atoms with E-state index < -0.39 is 5.41 Å². The molecule has 0 aliphatic heterocycles. The predicted molar refractivity (Wildman–Crippen MR) is 84.7 cm³/mol. The molecule has 0 aliphatic rings. The Kier molecular flexibility index (Phi) is 4.12. The minimum absolute atomic E-state index is 0.131. The van der Waals surface area contributed by atoms with Crippen molar-refractivity contribution in [1.82, 2.24) is 0 Å². The lowest BCUT2D eigenvalue weighted by atomic mass is 9.94. The molecule has 0 unspecified atom stereocenters. The Hall–Kier alpha value is -2.16. The van der Waals surface area contributed by atoms with E-state index in [1.807, 2.05) is 51.1 Å². The molecule has 2 aromatic rings. The van der Waals surface area contributed by atoms with E-state index in [1.165, 1.54) is 6.07 Å². The molecule has 0 bridgehead atoms. The Labute approximate surface area is 125 Å². The summed E-state index contributed by atoms with van der Waals surface area (Å²) in [5.41, 5.74) is 2.24. The van der Waals surface area contributed by atoms with Crippen molar-refractivity contribution in [3.8, 4) is 11.1 Å². The van der Waals surface area contributed by atoms with Crippen LogP contribution in [0.2, 0.25) is 0 Å². The van der Waals surface area contributed by atoms with Gasteiger partial charge in [-0.1, -0.05) is 51.1 Å². The van der Waals surface area contributed by atoms with Crippen molar-refractivity contribution < 1.29 is 9.18 Å². The standard InChI is InChI=1S/C18H20FNO/c1-12-15(19)11-10-14(13-8-6-5-7-9-13)16(12)20-17(21)18(2,3)4/h5-11H,1-4H3,(H,20,21). The van der Waals surface area contributed by atoms with Gasteiger partial charge in [0.1, 0.15) is 5.82 Å². The van der Waals surface area contributed by atoms with Gasteiger partial charge in [-0.25, -0.2) is 4.39 Å². The molecule has 3 heteroatoms. The topological polar surface area (TPSA) is 29.1 Å². The number of hydrogen-bond donors (Lipinski definition) is 1. The summed E-state index contributed by atoms with van der Waals surface area (Å²) in [6, 6.07) is 12.8. The van der Waals surface area contributed by atoms with Crippen LogP contribution < -0.4 is 5.32 Å². The van der Waals surface area contributed by atoms with Crippen LogP contribution in [-0.2, 0) is 4.79 Å². The summed E-state index contributed by atoms with van der Waals surface area (Å²) in [5, 5.41) is 2.88. The fourth-order valence-corrected chi connectivity index (χ4v) is 2.01. The van der Waals surface area contributed by atoms with E-state index in [-0.39, 0.29) is 11.7 Å². The first-order chi connectivity index (χ1) is 9.80. The van der Waals surface area contributed by atoms with Gasteiger partial charge in [-0.3, -0.25) is 4.79 Å². The van der Waals surface area contributed by atoms with E-state index in [1.54, 1.807) is 13.0 Å². The molecule has 0 spiro atoms.